The Kier molecular flexibility index (Phi) is 4.19. The van der Waals surface area contributed by atoms with Crippen molar-refractivity contribution in [3.05, 3.63) is 0 Å². The number of rotatable bonds is 4. The Bertz CT molecular complexity index is 260. The van der Waals surface area contributed by atoms with Gasteiger partial charge in [-0.05, 0) is 20.5 Å². The van der Waals surface area contributed by atoms with E-state index < -0.39 is 13.6 Å². The zero-order valence-electron chi connectivity index (χ0n) is 7.31. The predicted octanol–water partition coefficient (Wildman–Crippen LogP) is 0.873. The Morgan fingerprint density at radius 2 is 2.08 bits per heavy atom. The average molecular weight is 227 g/mol. The molecule has 0 spiro atoms. The zero-order valence-corrected chi connectivity index (χ0v) is 9.76. The maximum atomic E-state index is 11.3. The second-order valence-corrected chi connectivity index (χ2v) is 5.93. The number of thiocarbonyl (C=S) groups is 1. The molecule has 2 atom stereocenters. The van der Waals surface area contributed by atoms with E-state index in [9.17, 15) is 8.76 Å². The minimum atomic E-state index is -3.33. The minimum Gasteiger partial charge on any atom is -0.304 e. The van der Waals surface area contributed by atoms with Crippen molar-refractivity contribution in [2.45, 2.75) is 18.2 Å². The molecule has 0 aromatic carbocycles. The lowest BCUT2D eigenvalue weighted by atomic mass is 10.2. The van der Waals surface area contributed by atoms with Crippen molar-refractivity contribution in [1.82, 2.24) is 4.90 Å². The molecule has 0 rings (SSSR count). The Labute approximate surface area is 83.6 Å². The molecule has 12 heavy (non-hydrogen) atoms. The van der Waals surface area contributed by atoms with Gasteiger partial charge < -0.3 is 4.55 Å². The molecular formula is C6H13NO2S3. The van der Waals surface area contributed by atoms with Gasteiger partial charge in [0.15, 0.2) is 13.6 Å². The van der Waals surface area contributed by atoms with Crippen LogP contribution in [0.4, 0.5) is 0 Å². The van der Waals surface area contributed by atoms with E-state index in [1.54, 1.807) is 25.9 Å². The fraction of sp³-hybridized carbons (Fsp3) is 0.833. The van der Waals surface area contributed by atoms with Gasteiger partial charge in [-0.2, -0.15) is 0 Å². The fourth-order valence-electron chi connectivity index (χ4n) is 0.979. The number of nitrogens with zero attached hydrogens (tertiary/aromatic N) is 1. The van der Waals surface area contributed by atoms with E-state index >= 15 is 0 Å². The monoisotopic (exact) mass is 227 g/mol. The highest BCUT2D eigenvalue weighted by Gasteiger charge is 2.38. The maximum Gasteiger partial charge on any atom is 0.165 e. The first-order chi connectivity index (χ1) is 5.31. The molecule has 72 valence electrons. The second kappa shape index (κ2) is 4.06. The molecule has 0 radical (unpaired) electrons. The SMILES string of the molecule is CCC(C=S)(N(C)C)S(=O)(O)=S. The van der Waals surface area contributed by atoms with Gasteiger partial charge in [0, 0.05) is 16.6 Å². The molecule has 0 saturated carbocycles. The highest BCUT2D eigenvalue weighted by molar-refractivity contribution is 8.31. The first-order valence-corrected chi connectivity index (χ1v) is 6.33. The molecule has 0 saturated heterocycles. The predicted molar refractivity (Wildman–Crippen MR) is 58.5 cm³/mol. The lowest BCUT2D eigenvalue weighted by Crippen LogP contribution is -2.50. The van der Waals surface area contributed by atoms with E-state index in [1.807, 2.05) is 0 Å². The Morgan fingerprint density at radius 3 is 2.08 bits per heavy atom. The van der Waals surface area contributed by atoms with Crippen LogP contribution in [0.15, 0.2) is 0 Å². The van der Waals surface area contributed by atoms with E-state index in [4.69, 9.17) is 12.2 Å². The Morgan fingerprint density at radius 1 is 1.67 bits per heavy atom. The summed E-state index contributed by atoms with van der Waals surface area (Å²) in [5.74, 6) is 0. The molecule has 0 aliphatic carbocycles. The van der Waals surface area contributed by atoms with Gasteiger partial charge in [-0.3, -0.25) is 4.90 Å². The minimum absolute atomic E-state index is 0.433. The van der Waals surface area contributed by atoms with Crippen molar-refractivity contribution in [3.8, 4) is 0 Å². The average Bonchev–Trinajstić information content (AvgIpc) is 1.87. The maximum absolute atomic E-state index is 11.3. The summed E-state index contributed by atoms with van der Waals surface area (Å²) < 4.78 is 20.6. The molecule has 0 aromatic heterocycles. The quantitative estimate of drug-likeness (QED) is 0.722. The van der Waals surface area contributed by atoms with Crippen LogP contribution < -0.4 is 0 Å². The van der Waals surface area contributed by atoms with Gasteiger partial charge >= 0.3 is 0 Å². The molecule has 0 aromatic rings. The van der Waals surface area contributed by atoms with Gasteiger partial charge in [-0.15, -0.1) is 0 Å². The largest absolute Gasteiger partial charge is 0.304 e. The van der Waals surface area contributed by atoms with Crippen molar-refractivity contribution >= 4 is 37.5 Å². The first-order valence-electron chi connectivity index (χ1n) is 3.42. The highest BCUT2D eigenvalue weighted by Crippen LogP contribution is 2.21. The lowest BCUT2D eigenvalue weighted by molar-refractivity contribution is 0.304. The van der Waals surface area contributed by atoms with Crippen LogP contribution >= 0.6 is 12.2 Å². The number of hydrogen-bond acceptors (Lipinski definition) is 4. The summed E-state index contributed by atoms with van der Waals surface area (Å²) >= 11 is 9.27. The van der Waals surface area contributed by atoms with Gasteiger partial charge in [0.25, 0.3) is 0 Å². The van der Waals surface area contributed by atoms with Crippen molar-refractivity contribution in [1.29, 1.82) is 0 Å². The van der Waals surface area contributed by atoms with Gasteiger partial charge in [-0.1, -0.05) is 19.1 Å². The van der Waals surface area contributed by atoms with Gasteiger partial charge in [0.1, 0.15) is 0 Å². The van der Waals surface area contributed by atoms with Gasteiger partial charge in [-0.25, -0.2) is 4.21 Å². The normalized spacial score (nSPS) is 21.4. The molecule has 2 unspecified atom stereocenters. The molecule has 3 nitrogen and oxygen atoms in total. The number of hydrogen-bond donors (Lipinski definition) is 1. The van der Waals surface area contributed by atoms with Crippen molar-refractivity contribution in [3.63, 3.8) is 0 Å². The third-order valence-electron chi connectivity index (χ3n) is 1.89. The summed E-state index contributed by atoms with van der Waals surface area (Å²) in [6, 6.07) is 0. The molecular weight excluding hydrogens is 214 g/mol. The van der Waals surface area contributed by atoms with Crippen LogP contribution in [0.2, 0.25) is 0 Å². The highest BCUT2D eigenvalue weighted by atomic mass is 32.8. The molecule has 1 N–H and O–H groups in total. The Balaban J connectivity index is 5.27. The summed E-state index contributed by atoms with van der Waals surface area (Å²) in [5, 5.41) is 1.28. The fourth-order valence-corrected chi connectivity index (χ4v) is 3.82. The molecule has 0 aliphatic rings. The first kappa shape index (κ1) is 12.4. The molecule has 0 heterocycles. The second-order valence-electron chi connectivity index (χ2n) is 2.69. The van der Waals surface area contributed by atoms with Crippen LogP contribution in [-0.4, -0.2) is 38.0 Å². The molecule has 0 amide bonds. The summed E-state index contributed by atoms with van der Waals surface area (Å²) in [6.07, 6.45) is 0.433. The third-order valence-corrected chi connectivity index (χ3v) is 4.96. The smallest absolute Gasteiger partial charge is 0.165 e. The molecule has 0 bridgehead atoms. The topological polar surface area (TPSA) is 40.5 Å². The van der Waals surface area contributed by atoms with Crippen molar-refractivity contribution in [2.24, 2.45) is 0 Å². The van der Waals surface area contributed by atoms with E-state index in [0.29, 0.717) is 6.42 Å². The summed E-state index contributed by atoms with van der Waals surface area (Å²) in [5.41, 5.74) is 0. The van der Waals surface area contributed by atoms with Crippen LogP contribution in [0.25, 0.3) is 0 Å². The van der Waals surface area contributed by atoms with Crippen LogP contribution in [0, 0.1) is 0 Å². The Hall–Kier alpha value is 0.380. The molecule has 0 fully saturated rings. The zero-order chi connectivity index (χ0) is 9.99. The van der Waals surface area contributed by atoms with Gasteiger partial charge in [0.05, 0.1) is 0 Å². The summed E-state index contributed by atoms with van der Waals surface area (Å²) in [4.78, 5) is 0.535. The van der Waals surface area contributed by atoms with Crippen LogP contribution in [-0.2, 0) is 20.0 Å². The van der Waals surface area contributed by atoms with E-state index in [1.165, 1.54) is 5.37 Å². The lowest BCUT2D eigenvalue weighted by Gasteiger charge is -2.33. The van der Waals surface area contributed by atoms with Crippen LogP contribution in [0.5, 0.6) is 0 Å². The van der Waals surface area contributed by atoms with E-state index in [0.717, 1.165) is 0 Å². The van der Waals surface area contributed by atoms with Gasteiger partial charge in [0.2, 0.25) is 0 Å². The third kappa shape index (κ3) is 2.00. The van der Waals surface area contributed by atoms with Crippen LogP contribution in [0.3, 0.4) is 0 Å². The molecule has 6 heteroatoms. The van der Waals surface area contributed by atoms with E-state index in [2.05, 4.69) is 11.2 Å². The molecule has 0 aliphatic heterocycles. The van der Waals surface area contributed by atoms with E-state index in [-0.39, 0.29) is 0 Å². The standard InChI is InChI=1S/C6H13NO2S3/c1-4-6(5-10,7(2)3)12(8,9)11/h5H,4H2,1-3H3,(H,8,9,11). The van der Waals surface area contributed by atoms with Crippen molar-refractivity contribution in [2.75, 3.05) is 14.1 Å². The van der Waals surface area contributed by atoms with Crippen LogP contribution in [0.1, 0.15) is 13.3 Å². The summed E-state index contributed by atoms with van der Waals surface area (Å²) in [7, 11) is 0.0515. The van der Waals surface area contributed by atoms with Crippen molar-refractivity contribution < 1.29 is 8.76 Å². The summed E-state index contributed by atoms with van der Waals surface area (Å²) in [6.45, 7) is 1.78.